The van der Waals surface area contributed by atoms with E-state index < -0.39 is 23.7 Å². The van der Waals surface area contributed by atoms with E-state index in [0.717, 1.165) is 28.5 Å². The fourth-order valence-electron chi connectivity index (χ4n) is 4.93. The lowest BCUT2D eigenvalue weighted by Gasteiger charge is -2.17. The number of benzene rings is 3. The summed E-state index contributed by atoms with van der Waals surface area (Å²) in [6, 6.07) is 17.3. The van der Waals surface area contributed by atoms with Gasteiger partial charge in [0.25, 0.3) is 5.91 Å². The quantitative estimate of drug-likeness (QED) is 0.234. The van der Waals surface area contributed by atoms with Gasteiger partial charge in [-0.3, -0.25) is 14.6 Å². The highest BCUT2D eigenvalue weighted by atomic mass is 19.4. The minimum atomic E-state index is -4.44. The Kier molecular flexibility index (Phi) is 7.74. The first kappa shape index (κ1) is 27.8. The summed E-state index contributed by atoms with van der Waals surface area (Å²) in [5.41, 5.74) is 2.16. The Hall–Kier alpha value is -4.73. The zero-order chi connectivity index (χ0) is 29.1. The van der Waals surface area contributed by atoms with Crippen LogP contribution in [0.5, 0.6) is 0 Å². The van der Waals surface area contributed by atoms with E-state index in [1.165, 1.54) is 12.1 Å². The predicted octanol–water partition coefficient (Wildman–Crippen LogP) is 6.29. The third-order valence-electron chi connectivity index (χ3n) is 7.07. The van der Waals surface area contributed by atoms with Crippen LogP contribution in [0.2, 0.25) is 0 Å². The van der Waals surface area contributed by atoms with Gasteiger partial charge in [-0.15, -0.1) is 0 Å². The maximum absolute atomic E-state index is 13.6. The third kappa shape index (κ3) is 5.77. The third-order valence-corrected chi connectivity index (χ3v) is 7.07. The van der Waals surface area contributed by atoms with Crippen LogP contribution in [-0.4, -0.2) is 33.4 Å². The van der Waals surface area contributed by atoms with Crippen LogP contribution in [0, 0.1) is 0 Å². The largest absolute Gasteiger partial charge is 0.416 e. The molecule has 7 nitrogen and oxygen atoms in total. The molecule has 5 rings (SSSR count). The van der Waals surface area contributed by atoms with Crippen LogP contribution in [0.3, 0.4) is 0 Å². The van der Waals surface area contributed by atoms with Gasteiger partial charge >= 0.3 is 6.18 Å². The molecule has 0 unspecified atom stereocenters. The number of pyridine rings is 1. The van der Waals surface area contributed by atoms with Crippen molar-refractivity contribution in [3.8, 4) is 11.4 Å². The van der Waals surface area contributed by atoms with E-state index >= 15 is 0 Å². The number of carbonyl (C=O) groups excluding carboxylic acids is 2. The Balaban J connectivity index is 1.55. The summed E-state index contributed by atoms with van der Waals surface area (Å²) >= 11 is 0. The number of imidazole rings is 1. The number of carbonyl (C=O) groups is 2. The van der Waals surface area contributed by atoms with E-state index in [1.54, 1.807) is 38.5 Å². The molecule has 5 aromatic rings. The summed E-state index contributed by atoms with van der Waals surface area (Å²) in [6.45, 7) is 2.13. The van der Waals surface area contributed by atoms with E-state index in [9.17, 15) is 22.8 Å². The van der Waals surface area contributed by atoms with Crippen molar-refractivity contribution in [2.24, 2.45) is 0 Å². The van der Waals surface area contributed by atoms with E-state index in [1.807, 2.05) is 34.9 Å². The van der Waals surface area contributed by atoms with Gasteiger partial charge in [0, 0.05) is 43.4 Å². The van der Waals surface area contributed by atoms with E-state index in [0.29, 0.717) is 47.4 Å². The summed E-state index contributed by atoms with van der Waals surface area (Å²) in [7, 11) is 1.59. The van der Waals surface area contributed by atoms with Crippen LogP contribution in [0.25, 0.3) is 33.2 Å². The molecule has 1 atom stereocenters. The number of nitrogens with one attached hydrogen (secondary N) is 2. The fourth-order valence-corrected chi connectivity index (χ4v) is 4.93. The molecular formula is C31H28F3N5O2. The molecule has 2 N–H and O–H groups in total. The van der Waals surface area contributed by atoms with Crippen LogP contribution in [-0.2, 0) is 17.5 Å². The van der Waals surface area contributed by atoms with Crippen molar-refractivity contribution in [2.45, 2.75) is 38.5 Å². The van der Waals surface area contributed by atoms with Gasteiger partial charge in [-0.25, -0.2) is 4.98 Å². The van der Waals surface area contributed by atoms with Crippen molar-refractivity contribution in [2.75, 3.05) is 7.05 Å². The molecule has 0 radical (unpaired) electrons. The summed E-state index contributed by atoms with van der Waals surface area (Å²) < 4.78 is 40.9. The van der Waals surface area contributed by atoms with Gasteiger partial charge in [-0.1, -0.05) is 42.5 Å². The topological polar surface area (TPSA) is 88.9 Å². The van der Waals surface area contributed by atoms with Crippen molar-refractivity contribution in [3.63, 3.8) is 0 Å². The van der Waals surface area contributed by atoms with Gasteiger partial charge in [0.1, 0.15) is 5.82 Å². The highest BCUT2D eigenvalue weighted by Crippen LogP contribution is 2.33. The monoisotopic (exact) mass is 559 g/mol. The molecule has 0 bridgehead atoms. The average Bonchev–Trinajstić information content (AvgIpc) is 3.34. The summed E-state index contributed by atoms with van der Waals surface area (Å²) in [5.74, 6) is 0.140. The van der Waals surface area contributed by atoms with Gasteiger partial charge in [-0.05, 0) is 48.6 Å². The van der Waals surface area contributed by atoms with Gasteiger partial charge in [0.15, 0.2) is 0 Å². The Labute approximate surface area is 234 Å². The number of aromatic nitrogens is 3. The second-order valence-corrected chi connectivity index (χ2v) is 9.76. The first-order valence-electron chi connectivity index (χ1n) is 13.2. The van der Waals surface area contributed by atoms with Crippen LogP contribution >= 0.6 is 0 Å². The SMILES string of the molecule is CNC(=O)CCCn1c(-c2cncc3ccccc23)nc2cccc(C(=O)N[C@@H](C)c3ccc(C(F)(F)F)cc3)c21. The van der Waals surface area contributed by atoms with Gasteiger partial charge in [0.05, 0.1) is 28.2 Å². The van der Waals surface area contributed by atoms with Gasteiger partial charge < -0.3 is 15.2 Å². The molecule has 10 heteroatoms. The Morgan fingerprint density at radius 1 is 0.976 bits per heavy atom. The van der Waals surface area contributed by atoms with Crippen LogP contribution in [0.1, 0.15) is 47.3 Å². The number of nitrogens with zero attached hydrogens (tertiary/aromatic N) is 3. The van der Waals surface area contributed by atoms with E-state index in [4.69, 9.17) is 4.98 Å². The zero-order valence-corrected chi connectivity index (χ0v) is 22.5. The second-order valence-electron chi connectivity index (χ2n) is 9.76. The van der Waals surface area contributed by atoms with Crippen molar-refractivity contribution >= 4 is 33.6 Å². The summed E-state index contributed by atoms with van der Waals surface area (Å²) in [6.07, 6.45) is -0.116. The smallest absolute Gasteiger partial charge is 0.359 e. The van der Waals surface area contributed by atoms with E-state index in [2.05, 4.69) is 15.6 Å². The number of fused-ring (bicyclic) bond motifs is 2. The lowest BCUT2D eigenvalue weighted by Crippen LogP contribution is -2.27. The molecule has 0 aliphatic carbocycles. The number of alkyl halides is 3. The second kappa shape index (κ2) is 11.4. The minimum absolute atomic E-state index is 0.0915. The molecule has 210 valence electrons. The highest BCUT2D eigenvalue weighted by molar-refractivity contribution is 6.06. The Morgan fingerprint density at radius 2 is 1.73 bits per heavy atom. The molecule has 0 aliphatic heterocycles. The number of hydrogen-bond acceptors (Lipinski definition) is 4. The molecule has 0 spiro atoms. The lowest BCUT2D eigenvalue weighted by atomic mass is 10.0. The number of rotatable bonds is 8. The maximum atomic E-state index is 13.6. The number of para-hydroxylation sites is 1. The highest BCUT2D eigenvalue weighted by Gasteiger charge is 2.30. The molecule has 0 aliphatic rings. The van der Waals surface area contributed by atoms with Gasteiger partial charge in [-0.2, -0.15) is 13.2 Å². The van der Waals surface area contributed by atoms with Crippen LogP contribution in [0.15, 0.2) is 79.1 Å². The van der Waals surface area contributed by atoms with E-state index in [-0.39, 0.29) is 5.91 Å². The Bertz CT molecular complexity index is 1720. The molecule has 2 aromatic heterocycles. The molecule has 0 saturated heterocycles. The molecule has 41 heavy (non-hydrogen) atoms. The van der Waals surface area contributed by atoms with Crippen LogP contribution < -0.4 is 10.6 Å². The number of halogens is 3. The normalized spacial score (nSPS) is 12.4. The minimum Gasteiger partial charge on any atom is -0.359 e. The maximum Gasteiger partial charge on any atom is 0.416 e. The van der Waals surface area contributed by atoms with Crippen molar-refractivity contribution in [3.05, 3.63) is 95.8 Å². The summed E-state index contributed by atoms with van der Waals surface area (Å²) in [4.78, 5) is 34.9. The standard InChI is InChI=1S/C31H28F3N5O2/c1-19(20-12-14-22(15-13-20)31(32,33)34)37-30(41)24-9-5-10-26-28(24)39(16-6-11-27(40)35-2)29(38-26)25-18-36-17-21-7-3-4-8-23(21)25/h3-5,7-10,12-15,17-19H,6,11,16H2,1-2H3,(H,35,40)(H,37,41)/t19-/m0/s1. The zero-order valence-electron chi connectivity index (χ0n) is 22.5. The first-order chi connectivity index (χ1) is 19.7. The number of hydrogen-bond donors (Lipinski definition) is 2. The fraction of sp³-hybridized carbons (Fsp3) is 0.226. The van der Waals surface area contributed by atoms with Crippen LogP contribution in [0.4, 0.5) is 13.2 Å². The van der Waals surface area contributed by atoms with Crippen molar-refractivity contribution in [1.82, 2.24) is 25.2 Å². The molecule has 0 fully saturated rings. The number of aryl methyl sites for hydroxylation is 1. The van der Waals surface area contributed by atoms with Gasteiger partial charge in [0.2, 0.25) is 5.91 Å². The van der Waals surface area contributed by atoms with Crippen molar-refractivity contribution in [1.29, 1.82) is 0 Å². The average molecular weight is 560 g/mol. The Morgan fingerprint density at radius 3 is 2.46 bits per heavy atom. The summed E-state index contributed by atoms with van der Waals surface area (Å²) in [5, 5.41) is 7.44. The molecule has 2 amide bonds. The first-order valence-corrected chi connectivity index (χ1v) is 13.2. The lowest BCUT2D eigenvalue weighted by molar-refractivity contribution is -0.137. The molecule has 0 saturated carbocycles. The van der Waals surface area contributed by atoms with Crippen molar-refractivity contribution < 1.29 is 22.8 Å². The molecule has 2 heterocycles. The predicted molar refractivity (Wildman–Crippen MR) is 151 cm³/mol. The molecular weight excluding hydrogens is 531 g/mol. The molecule has 3 aromatic carbocycles. The number of amides is 2.